The Bertz CT molecular complexity index is 639. The van der Waals surface area contributed by atoms with Gasteiger partial charge in [-0.2, -0.15) is 0 Å². The predicted octanol–water partition coefficient (Wildman–Crippen LogP) is 1.71. The molecule has 1 unspecified atom stereocenters. The first kappa shape index (κ1) is 20.5. The normalized spacial score (nSPS) is 20.3. The Balaban J connectivity index is 0.00000243. The lowest BCUT2D eigenvalue weighted by molar-refractivity contribution is -0.137. The molecule has 2 fully saturated rings. The molecule has 7 heteroatoms. The van der Waals surface area contributed by atoms with Crippen LogP contribution < -0.4 is 10.1 Å². The second-order valence-electron chi connectivity index (χ2n) is 6.85. The number of piperidine rings is 1. The third-order valence-electron chi connectivity index (χ3n) is 5.18. The second kappa shape index (κ2) is 9.24. The highest BCUT2D eigenvalue weighted by atomic mass is 35.5. The number of rotatable bonds is 3. The van der Waals surface area contributed by atoms with Crippen LogP contribution in [0.2, 0.25) is 0 Å². The summed E-state index contributed by atoms with van der Waals surface area (Å²) in [5.74, 6) is 1.06. The number of hydrogen-bond acceptors (Lipinski definition) is 4. The van der Waals surface area contributed by atoms with E-state index in [-0.39, 0.29) is 30.1 Å². The van der Waals surface area contributed by atoms with Crippen molar-refractivity contribution in [3.63, 3.8) is 0 Å². The molecule has 6 nitrogen and oxygen atoms in total. The van der Waals surface area contributed by atoms with Crippen LogP contribution in [0, 0.1) is 12.8 Å². The highest BCUT2D eigenvalue weighted by Crippen LogP contribution is 2.21. The molecule has 0 aromatic heterocycles. The minimum Gasteiger partial charge on any atom is -0.496 e. The molecular weight excluding hydrogens is 354 g/mol. The first-order valence-corrected chi connectivity index (χ1v) is 9.03. The lowest BCUT2D eigenvalue weighted by Gasteiger charge is -2.37. The van der Waals surface area contributed by atoms with E-state index < -0.39 is 0 Å². The highest BCUT2D eigenvalue weighted by molar-refractivity contribution is 5.95. The Morgan fingerprint density at radius 2 is 1.85 bits per heavy atom. The van der Waals surface area contributed by atoms with Gasteiger partial charge in [-0.15, -0.1) is 12.4 Å². The van der Waals surface area contributed by atoms with Gasteiger partial charge in [0.05, 0.1) is 13.0 Å². The SMILES string of the molecule is COc1cc(C(=O)N2CCN(C(=O)C3CCCNC3)CC2)ccc1C.Cl. The third kappa shape index (κ3) is 4.48. The van der Waals surface area contributed by atoms with E-state index in [0.29, 0.717) is 31.7 Å². The van der Waals surface area contributed by atoms with Crippen molar-refractivity contribution in [3.05, 3.63) is 29.3 Å². The van der Waals surface area contributed by atoms with Crippen molar-refractivity contribution in [2.75, 3.05) is 46.4 Å². The smallest absolute Gasteiger partial charge is 0.254 e. The maximum Gasteiger partial charge on any atom is 0.254 e. The first-order chi connectivity index (χ1) is 12.1. The van der Waals surface area contributed by atoms with Crippen molar-refractivity contribution >= 4 is 24.2 Å². The van der Waals surface area contributed by atoms with Crippen LogP contribution >= 0.6 is 12.4 Å². The fourth-order valence-corrected chi connectivity index (χ4v) is 3.59. The van der Waals surface area contributed by atoms with Crippen LogP contribution in [0.25, 0.3) is 0 Å². The zero-order chi connectivity index (χ0) is 17.8. The van der Waals surface area contributed by atoms with Gasteiger partial charge >= 0.3 is 0 Å². The number of methoxy groups -OCH3 is 1. The van der Waals surface area contributed by atoms with Gasteiger partial charge < -0.3 is 19.9 Å². The average molecular weight is 382 g/mol. The first-order valence-electron chi connectivity index (χ1n) is 9.03. The van der Waals surface area contributed by atoms with Crippen molar-refractivity contribution < 1.29 is 14.3 Å². The topological polar surface area (TPSA) is 61.9 Å². The molecule has 0 aliphatic carbocycles. The van der Waals surface area contributed by atoms with E-state index in [1.54, 1.807) is 13.2 Å². The lowest BCUT2D eigenvalue weighted by atomic mass is 9.98. The molecule has 26 heavy (non-hydrogen) atoms. The summed E-state index contributed by atoms with van der Waals surface area (Å²) in [6.07, 6.45) is 2.03. The minimum atomic E-state index is 0. The number of halogens is 1. The molecule has 1 aromatic carbocycles. The van der Waals surface area contributed by atoms with E-state index in [9.17, 15) is 9.59 Å². The maximum atomic E-state index is 12.7. The van der Waals surface area contributed by atoms with Gasteiger partial charge in [0, 0.05) is 38.3 Å². The van der Waals surface area contributed by atoms with E-state index in [2.05, 4.69) is 5.32 Å². The Kier molecular flexibility index (Phi) is 7.29. The number of nitrogens with zero attached hydrogens (tertiary/aromatic N) is 2. The molecule has 2 saturated heterocycles. The van der Waals surface area contributed by atoms with Crippen LogP contribution in [0.5, 0.6) is 5.75 Å². The fourth-order valence-electron chi connectivity index (χ4n) is 3.59. The molecule has 3 rings (SSSR count). The number of amides is 2. The molecule has 0 radical (unpaired) electrons. The zero-order valence-electron chi connectivity index (χ0n) is 15.5. The van der Waals surface area contributed by atoms with Gasteiger partial charge in [-0.05, 0) is 44.0 Å². The number of carbonyl (C=O) groups excluding carboxylic acids is 2. The molecular formula is C19H28ClN3O3. The summed E-state index contributed by atoms with van der Waals surface area (Å²) in [5.41, 5.74) is 1.65. The zero-order valence-corrected chi connectivity index (χ0v) is 16.3. The summed E-state index contributed by atoms with van der Waals surface area (Å²) in [6.45, 7) is 6.14. The van der Waals surface area contributed by atoms with Crippen LogP contribution in [0.3, 0.4) is 0 Å². The molecule has 2 aliphatic rings. The molecule has 2 heterocycles. The van der Waals surface area contributed by atoms with E-state index in [0.717, 1.165) is 37.2 Å². The Hall–Kier alpha value is -1.79. The van der Waals surface area contributed by atoms with Crippen molar-refractivity contribution in [2.45, 2.75) is 19.8 Å². The summed E-state index contributed by atoms with van der Waals surface area (Å²) >= 11 is 0. The monoisotopic (exact) mass is 381 g/mol. The number of carbonyl (C=O) groups is 2. The standard InChI is InChI=1S/C19H27N3O3.ClH/c1-14-5-6-15(12-17(14)25-2)18(23)21-8-10-22(11-9-21)19(24)16-4-3-7-20-13-16;/h5-6,12,16,20H,3-4,7-11,13H2,1-2H3;1H. The minimum absolute atomic E-state index is 0. The van der Waals surface area contributed by atoms with Gasteiger partial charge in [0.2, 0.25) is 5.91 Å². The van der Waals surface area contributed by atoms with Crippen molar-refractivity contribution in [1.29, 1.82) is 0 Å². The molecule has 0 saturated carbocycles. The van der Waals surface area contributed by atoms with Crippen LogP contribution in [-0.4, -0.2) is 68.0 Å². The van der Waals surface area contributed by atoms with Crippen molar-refractivity contribution in [2.24, 2.45) is 5.92 Å². The van der Waals surface area contributed by atoms with Crippen LogP contribution in [0.1, 0.15) is 28.8 Å². The van der Waals surface area contributed by atoms with Crippen molar-refractivity contribution in [3.8, 4) is 5.75 Å². The molecule has 0 bridgehead atoms. The number of nitrogens with one attached hydrogen (secondary N) is 1. The molecule has 144 valence electrons. The average Bonchev–Trinajstić information content (AvgIpc) is 2.68. The fraction of sp³-hybridized carbons (Fsp3) is 0.579. The summed E-state index contributed by atoms with van der Waals surface area (Å²) in [7, 11) is 1.61. The Labute approximate surface area is 161 Å². The van der Waals surface area contributed by atoms with E-state index in [1.807, 2.05) is 28.9 Å². The Morgan fingerprint density at radius 3 is 2.46 bits per heavy atom. The van der Waals surface area contributed by atoms with Crippen LogP contribution in [0.4, 0.5) is 0 Å². The van der Waals surface area contributed by atoms with Gasteiger partial charge in [-0.3, -0.25) is 9.59 Å². The number of piperazine rings is 1. The number of aryl methyl sites for hydroxylation is 1. The summed E-state index contributed by atoms with van der Waals surface area (Å²) < 4.78 is 5.31. The molecule has 1 atom stereocenters. The quantitative estimate of drug-likeness (QED) is 0.865. The maximum absolute atomic E-state index is 12.7. The predicted molar refractivity (Wildman–Crippen MR) is 103 cm³/mol. The van der Waals surface area contributed by atoms with Gasteiger partial charge in [0.1, 0.15) is 5.75 Å². The summed E-state index contributed by atoms with van der Waals surface area (Å²) in [4.78, 5) is 29.0. The van der Waals surface area contributed by atoms with E-state index >= 15 is 0 Å². The highest BCUT2D eigenvalue weighted by Gasteiger charge is 2.30. The summed E-state index contributed by atoms with van der Waals surface area (Å²) in [6, 6.07) is 5.54. The van der Waals surface area contributed by atoms with Gasteiger partial charge in [0.15, 0.2) is 0 Å². The van der Waals surface area contributed by atoms with E-state index in [1.165, 1.54) is 0 Å². The van der Waals surface area contributed by atoms with Crippen molar-refractivity contribution in [1.82, 2.24) is 15.1 Å². The molecule has 1 N–H and O–H groups in total. The third-order valence-corrected chi connectivity index (χ3v) is 5.18. The molecule has 2 aliphatic heterocycles. The number of benzene rings is 1. The molecule has 0 spiro atoms. The van der Waals surface area contributed by atoms with Crippen LogP contribution in [0.15, 0.2) is 18.2 Å². The lowest BCUT2D eigenvalue weighted by Crippen LogP contribution is -2.53. The van der Waals surface area contributed by atoms with Gasteiger partial charge in [-0.25, -0.2) is 0 Å². The number of hydrogen-bond donors (Lipinski definition) is 1. The van der Waals surface area contributed by atoms with E-state index in [4.69, 9.17) is 4.74 Å². The summed E-state index contributed by atoms with van der Waals surface area (Å²) in [5, 5.41) is 3.29. The van der Waals surface area contributed by atoms with Gasteiger partial charge in [0.25, 0.3) is 5.91 Å². The number of ether oxygens (including phenoxy) is 1. The largest absolute Gasteiger partial charge is 0.496 e. The Morgan fingerprint density at radius 1 is 1.15 bits per heavy atom. The van der Waals surface area contributed by atoms with Crippen LogP contribution in [-0.2, 0) is 4.79 Å². The van der Waals surface area contributed by atoms with Gasteiger partial charge in [-0.1, -0.05) is 6.07 Å². The molecule has 2 amide bonds. The second-order valence-corrected chi connectivity index (χ2v) is 6.85. The molecule has 1 aromatic rings.